The number of carbonyl (C=O) groups excluding carboxylic acids is 4. The van der Waals surface area contributed by atoms with E-state index < -0.39 is 18.1 Å². The predicted molar refractivity (Wildman–Crippen MR) is 157 cm³/mol. The van der Waals surface area contributed by atoms with E-state index >= 15 is 0 Å². The number of aldehydes is 2. The Bertz CT molecular complexity index is 1410. The van der Waals surface area contributed by atoms with Gasteiger partial charge in [-0.05, 0) is 42.7 Å². The summed E-state index contributed by atoms with van der Waals surface area (Å²) in [6.07, 6.45) is 5.34. The summed E-state index contributed by atoms with van der Waals surface area (Å²) in [5.74, 6) is -0.297. The molecule has 11 nitrogen and oxygen atoms in total. The molecule has 1 aliphatic rings. The van der Waals surface area contributed by atoms with Crippen molar-refractivity contribution in [3.05, 3.63) is 71.9 Å². The van der Waals surface area contributed by atoms with Gasteiger partial charge in [-0.3, -0.25) is 19.8 Å². The molecule has 2 amide bonds. The van der Waals surface area contributed by atoms with Gasteiger partial charge in [-0.25, -0.2) is 4.98 Å². The molecular weight excluding hydrogens is 522 g/mol. The monoisotopic (exact) mass is 557 g/mol. The Morgan fingerprint density at radius 2 is 1.90 bits per heavy atom. The fourth-order valence-electron chi connectivity index (χ4n) is 5.16. The second kappa shape index (κ2) is 14.0. The van der Waals surface area contributed by atoms with Crippen molar-refractivity contribution >= 4 is 46.9 Å². The first-order valence-corrected chi connectivity index (χ1v) is 13.7. The highest BCUT2D eigenvalue weighted by molar-refractivity contribution is 5.96. The van der Waals surface area contributed by atoms with Gasteiger partial charge in [0, 0.05) is 36.7 Å². The van der Waals surface area contributed by atoms with Crippen LogP contribution in [0.4, 0.5) is 5.82 Å². The van der Waals surface area contributed by atoms with E-state index in [9.17, 15) is 19.2 Å². The number of likely N-dealkylation sites (tertiary alicyclic amines) is 1. The number of benzene rings is 2. The van der Waals surface area contributed by atoms with E-state index in [1.54, 1.807) is 23.2 Å². The van der Waals surface area contributed by atoms with Crippen LogP contribution >= 0.6 is 0 Å². The molecule has 0 aliphatic carbocycles. The number of amides is 2. The number of hydrogen-bond donors (Lipinski definition) is 5. The molecule has 6 N–H and O–H groups in total. The third-order valence-electron chi connectivity index (χ3n) is 7.23. The Hall–Kier alpha value is -4.80. The number of fused-ring (bicyclic) bond motifs is 1. The van der Waals surface area contributed by atoms with E-state index in [1.807, 2.05) is 42.5 Å². The zero-order valence-electron chi connectivity index (χ0n) is 22.7. The van der Waals surface area contributed by atoms with Crippen molar-refractivity contribution < 1.29 is 19.2 Å². The van der Waals surface area contributed by atoms with Crippen LogP contribution in [0.2, 0.25) is 0 Å². The largest absolute Gasteiger partial charge is 0.370 e. The molecule has 4 rings (SSSR count). The molecule has 1 aromatic heterocycles. The topological polar surface area (TPSA) is 170 Å². The van der Waals surface area contributed by atoms with E-state index in [0.29, 0.717) is 62.0 Å². The normalized spacial score (nSPS) is 16.0. The number of rotatable bonds is 13. The molecule has 0 radical (unpaired) electrons. The van der Waals surface area contributed by atoms with Crippen LogP contribution in [0, 0.1) is 5.41 Å². The highest BCUT2D eigenvalue weighted by atomic mass is 16.2. The van der Waals surface area contributed by atoms with E-state index in [4.69, 9.17) is 11.1 Å². The summed E-state index contributed by atoms with van der Waals surface area (Å²) in [5.41, 5.74) is 6.47. The summed E-state index contributed by atoms with van der Waals surface area (Å²) in [7, 11) is 0. The number of pyridine rings is 1. The van der Waals surface area contributed by atoms with Crippen LogP contribution in [0.5, 0.6) is 0 Å². The summed E-state index contributed by atoms with van der Waals surface area (Å²) in [6.45, 7) is 0.795. The lowest BCUT2D eigenvalue weighted by Gasteiger charge is -2.30. The SMILES string of the molecule is N=C(N)NCCC[C@@H](C=O)NC(=O)[C@@H]1CCCN1C(=O)[C@@H](Cc1ccccc1C=O)Nc1nccc2ccccc12. The number of nitrogens with zero attached hydrogens (tertiary/aromatic N) is 2. The van der Waals surface area contributed by atoms with Gasteiger partial charge in [0.15, 0.2) is 5.96 Å². The first-order valence-electron chi connectivity index (χ1n) is 13.7. The number of aromatic nitrogens is 1. The van der Waals surface area contributed by atoms with Crippen LogP contribution in [0.25, 0.3) is 10.8 Å². The average Bonchev–Trinajstić information content (AvgIpc) is 3.48. The molecule has 2 aromatic carbocycles. The van der Waals surface area contributed by atoms with Crippen molar-refractivity contribution in [1.29, 1.82) is 5.41 Å². The number of nitrogens with one attached hydrogen (secondary N) is 4. The number of nitrogens with two attached hydrogens (primary N) is 1. The molecular formula is C30H35N7O4. The zero-order chi connectivity index (χ0) is 29.2. The Labute approximate surface area is 238 Å². The van der Waals surface area contributed by atoms with Crippen LogP contribution < -0.4 is 21.7 Å². The van der Waals surface area contributed by atoms with Gasteiger partial charge in [-0.2, -0.15) is 0 Å². The van der Waals surface area contributed by atoms with E-state index in [-0.39, 0.29) is 24.2 Å². The second-order valence-electron chi connectivity index (χ2n) is 10.0. The summed E-state index contributed by atoms with van der Waals surface area (Å²) in [5, 5.41) is 17.8. The van der Waals surface area contributed by atoms with Crippen molar-refractivity contribution in [1.82, 2.24) is 20.5 Å². The van der Waals surface area contributed by atoms with Crippen LogP contribution in [-0.2, 0) is 20.8 Å². The van der Waals surface area contributed by atoms with Crippen molar-refractivity contribution in [3.8, 4) is 0 Å². The molecule has 1 fully saturated rings. The number of hydrogen-bond acceptors (Lipinski definition) is 7. The van der Waals surface area contributed by atoms with Gasteiger partial charge in [-0.15, -0.1) is 0 Å². The first kappa shape index (κ1) is 29.2. The fourth-order valence-corrected chi connectivity index (χ4v) is 5.16. The van der Waals surface area contributed by atoms with E-state index in [1.165, 1.54) is 0 Å². The summed E-state index contributed by atoms with van der Waals surface area (Å²) >= 11 is 0. The van der Waals surface area contributed by atoms with Crippen molar-refractivity contribution in [3.63, 3.8) is 0 Å². The minimum atomic E-state index is -0.803. The molecule has 3 aromatic rings. The third-order valence-corrected chi connectivity index (χ3v) is 7.23. The maximum Gasteiger partial charge on any atom is 0.246 e. The Morgan fingerprint density at radius 3 is 2.68 bits per heavy atom. The molecule has 0 unspecified atom stereocenters. The number of carbonyl (C=O) groups is 4. The maximum absolute atomic E-state index is 14.1. The summed E-state index contributed by atoms with van der Waals surface area (Å²) < 4.78 is 0. The fraction of sp³-hybridized carbons (Fsp3) is 0.333. The van der Waals surface area contributed by atoms with Gasteiger partial charge >= 0.3 is 0 Å². The predicted octanol–water partition coefficient (Wildman–Crippen LogP) is 2.01. The molecule has 3 atom stereocenters. The minimum Gasteiger partial charge on any atom is -0.370 e. The molecule has 41 heavy (non-hydrogen) atoms. The van der Waals surface area contributed by atoms with E-state index in [2.05, 4.69) is 20.9 Å². The molecule has 11 heteroatoms. The van der Waals surface area contributed by atoms with Gasteiger partial charge in [0.1, 0.15) is 30.5 Å². The quantitative estimate of drug-likeness (QED) is 0.0919. The van der Waals surface area contributed by atoms with Gasteiger partial charge in [0.2, 0.25) is 11.8 Å². The van der Waals surface area contributed by atoms with Gasteiger partial charge in [0.05, 0.1) is 6.04 Å². The minimum absolute atomic E-state index is 0.158. The van der Waals surface area contributed by atoms with Gasteiger partial charge in [0.25, 0.3) is 0 Å². The van der Waals surface area contributed by atoms with E-state index in [0.717, 1.165) is 17.1 Å². The highest BCUT2D eigenvalue weighted by Crippen LogP contribution is 2.25. The number of anilines is 1. The third kappa shape index (κ3) is 7.44. The lowest BCUT2D eigenvalue weighted by Crippen LogP contribution is -2.53. The number of guanidine groups is 1. The molecule has 0 spiro atoms. The first-order chi connectivity index (χ1) is 19.9. The Morgan fingerprint density at radius 1 is 1.12 bits per heavy atom. The van der Waals surface area contributed by atoms with Crippen molar-refractivity contribution in [2.75, 3.05) is 18.4 Å². The van der Waals surface area contributed by atoms with Crippen LogP contribution in [0.15, 0.2) is 60.8 Å². The molecule has 0 saturated carbocycles. The Balaban J connectivity index is 1.54. The summed E-state index contributed by atoms with van der Waals surface area (Å²) in [6, 6.07) is 14.4. The maximum atomic E-state index is 14.1. The highest BCUT2D eigenvalue weighted by Gasteiger charge is 2.38. The smallest absolute Gasteiger partial charge is 0.246 e. The standard InChI is InChI=1S/C30H35N7O4/c31-30(32)34-14-5-10-23(19-39)35-28(40)26-12-6-16-37(26)29(41)25(17-21-8-1-2-9-22(21)18-38)36-27-24-11-4-3-7-20(24)13-15-33-27/h1-4,7-9,11,13,15,18-19,23,25-26H,5-6,10,12,14,16-17H2,(H,33,36)(H,35,40)(H4,31,32,34)/t23-,25+,26-/m0/s1. The second-order valence-corrected chi connectivity index (χ2v) is 10.0. The molecule has 1 saturated heterocycles. The van der Waals surface area contributed by atoms with Crippen LogP contribution in [-0.4, -0.2) is 71.4 Å². The average molecular weight is 558 g/mol. The molecule has 1 aliphatic heterocycles. The van der Waals surface area contributed by atoms with Gasteiger partial charge < -0.3 is 31.4 Å². The lowest BCUT2D eigenvalue weighted by atomic mass is 9.99. The molecule has 214 valence electrons. The van der Waals surface area contributed by atoms with Crippen molar-refractivity contribution in [2.24, 2.45) is 5.73 Å². The Kier molecular flexibility index (Phi) is 9.98. The van der Waals surface area contributed by atoms with Crippen molar-refractivity contribution in [2.45, 2.75) is 50.2 Å². The molecule has 2 heterocycles. The van der Waals surface area contributed by atoms with Crippen LogP contribution in [0.3, 0.4) is 0 Å². The van der Waals surface area contributed by atoms with Crippen LogP contribution in [0.1, 0.15) is 41.6 Å². The van der Waals surface area contributed by atoms with Gasteiger partial charge in [-0.1, -0.05) is 48.5 Å². The zero-order valence-corrected chi connectivity index (χ0v) is 22.7. The molecule has 0 bridgehead atoms. The summed E-state index contributed by atoms with van der Waals surface area (Å²) in [4.78, 5) is 56.8. The lowest BCUT2D eigenvalue weighted by molar-refractivity contribution is -0.139.